The number of furan rings is 1. The lowest BCUT2D eigenvalue weighted by Gasteiger charge is -2.01. The molecule has 1 radical (unpaired) electrons. The van der Waals surface area contributed by atoms with Gasteiger partial charge < -0.3 is 4.42 Å². The highest BCUT2D eigenvalue weighted by atomic mass is 16.3. The van der Waals surface area contributed by atoms with Gasteiger partial charge in [-0.05, 0) is 29.3 Å². The van der Waals surface area contributed by atoms with Crippen LogP contribution in [-0.2, 0) is 0 Å². The van der Waals surface area contributed by atoms with Crippen molar-refractivity contribution >= 4 is 11.0 Å². The summed E-state index contributed by atoms with van der Waals surface area (Å²) >= 11 is 0. The molecular formula is C13H8NO. The van der Waals surface area contributed by atoms with Gasteiger partial charge in [0.25, 0.3) is 0 Å². The summed E-state index contributed by atoms with van der Waals surface area (Å²) in [6.45, 7) is 0. The van der Waals surface area contributed by atoms with Crippen LogP contribution in [-0.4, -0.2) is 4.98 Å². The van der Waals surface area contributed by atoms with E-state index in [0.717, 1.165) is 22.1 Å². The van der Waals surface area contributed by atoms with Gasteiger partial charge >= 0.3 is 0 Å². The minimum atomic E-state index is 0.865. The van der Waals surface area contributed by atoms with Gasteiger partial charge in [-0.1, -0.05) is 12.1 Å². The Bertz CT molecular complexity index is 584. The summed E-state index contributed by atoms with van der Waals surface area (Å²) in [4.78, 5) is 4.00. The predicted octanol–water partition coefficient (Wildman–Crippen LogP) is 3.29. The van der Waals surface area contributed by atoms with Gasteiger partial charge in [0.15, 0.2) is 0 Å². The molecule has 71 valence electrons. The zero-order chi connectivity index (χ0) is 10.1. The number of rotatable bonds is 1. The summed E-state index contributed by atoms with van der Waals surface area (Å²) in [6, 6.07) is 13.0. The predicted molar refractivity (Wildman–Crippen MR) is 58.3 cm³/mol. The summed E-state index contributed by atoms with van der Waals surface area (Å²) in [5.74, 6) is 0. The van der Waals surface area contributed by atoms with Gasteiger partial charge in [0.2, 0.25) is 0 Å². The van der Waals surface area contributed by atoms with Crippen LogP contribution < -0.4 is 0 Å². The van der Waals surface area contributed by atoms with Gasteiger partial charge in [-0.3, -0.25) is 4.98 Å². The second kappa shape index (κ2) is 3.24. The minimum absolute atomic E-state index is 0.865. The average Bonchev–Trinajstić information content (AvgIpc) is 2.78. The minimum Gasteiger partial charge on any atom is -0.464 e. The van der Waals surface area contributed by atoms with Crippen molar-refractivity contribution in [3.8, 4) is 11.1 Å². The molecular weight excluding hydrogens is 186 g/mol. The first-order valence-corrected chi connectivity index (χ1v) is 4.73. The maximum Gasteiger partial charge on any atom is 0.135 e. The smallest absolute Gasteiger partial charge is 0.135 e. The van der Waals surface area contributed by atoms with E-state index in [2.05, 4.69) is 17.1 Å². The Kier molecular flexibility index (Phi) is 1.78. The molecule has 2 heteroatoms. The van der Waals surface area contributed by atoms with Crippen LogP contribution in [0.25, 0.3) is 22.1 Å². The first-order valence-electron chi connectivity index (χ1n) is 4.73. The number of aromatic nitrogens is 1. The normalized spacial score (nSPS) is 10.7. The Labute approximate surface area is 87.2 Å². The van der Waals surface area contributed by atoms with Crippen LogP contribution in [0, 0.1) is 6.07 Å². The van der Waals surface area contributed by atoms with Crippen molar-refractivity contribution in [2.75, 3.05) is 0 Å². The van der Waals surface area contributed by atoms with E-state index in [4.69, 9.17) is 4.42 Å². The molecule has 3 aromatic rings. The van der Waals surface area contributed by atoms with Crippen molar-refractivity contribution in [3.63, 3.8) is 0 Å². The average molecular weight is 194 g/mol. The highest BCUT2D eigenvalue weighted by Gasteiger charge is 2.04. The summed E-state index contributed by atoms with van der Waals surface area (Å²) in [6.07, 6.45) is 5.16. The second-order valence-corrected chi connectivity index (χ2v) is 3.29. The lowest BCUT2D eigenvalue weighted by atomic mass is 10.0. The van der Waals surface area contributed by atoms with E-state index in [1.165, 1.54) is 0 Å². The van der Waals surface area contributed by atoms with Crippen molar-refractivity contribution in [2.24, 2.45) is 0 Å². The molecule has 1 aromatic carbocycles. The molecule has 0 saturated heterocycles. The molecule has 0 aliphatic carbocycles. The molecule has 0 bridgehead atoms. The van der Waals surface area contributed by atoms with Gasteiger partial charge in [-0.25, -0.2) is 0 Å². The van der Waals surface area contributed by atoms with E-state index in [1.807, 2.05) is 24.3 Å². The molecule has 3 rings (SSSR count). The maximum absolute atomic E-state index is 5.31. The quantitative estimate of drug-likeness (QED) is 0.594. The summed E-state index contributed by atoms with van der Waals surface area (Å²) in [7, 11) is 0. The van der Waals surface area contributed by atoms with Crippen molar-refractivity contribution < 1.29 is 4.42 Å². The van der Waals surface area contributed by atoms with E-state index in [-0.39, 0.29) is 0 Å². The number of benzene rings is 1. The zero-order valence-electron chi connectivity index (χ0n) is 7.97. The van der Waals surface area contributed by atoms with Gasteiger partial charge in [-0.2, -0.15) is 0 Å². The molecule has 15 heavy (non-hydrogen) atoms. The summed E-state index contributed by atoms with van der Waals surface area (Å²) in [5, 5.41) is 1.02. The van der Waals surface area contributed by atoms with E-state index < -0.39 is 0 Å². The van der Waals surface area contributed by atoms with Crippen molar-refractivity contribution in [2.45, 2.75) is 0 Å². The van der Waals surface area contributed by atoms with E-state index in [9.17, 15) is 0 Å². The number of hydrogen-bond acceptors (Lipinski definition) is 2. The molecule has 2 heterocycles. The molecule has 0 fully saturated rings. The zero-order valence-corrected chi connectivity index (χ0v) is 7.97. The molecule has 0 aliphatic rings. The third-order valence-corrected chi connectivity index (χ3v) is 2.41. The highest BCUT2D eigenvalue weighted by Crippen LogP contribution is 2.28. The Hall–Kier alpha value is -2.09. The molecule has 0 atom stereocenters. The molecule has 2 aromatic heterocycles. The van der Waals surface area contributed by atoms with Crippen molar-refractivity contribution in [3.05, 3.63) is 55.1 Å². The Morgan fingerprint density at radius 3 is 2.80 bits per heavy atom. The van der Waals surface area contributed by atoms with Crippen LogP contribution in [0.5, 0.6) is 0 Å². The van der Waals surface area contributed by atoms with Crippen LogP contribution in [0.15, 0.2) is 53.4 Å². The third-order valence-electron chi connectivity index (χ3n) is 2.41. The standard InChI is InChI=1S/C13H8NO/c1-2-11(10-4-7-14-8-5-10)12-6-9-15-13(12)3-1/h1-5,7-9H. The monoisotopic (exact) mass is 194 g/mol. The fourth-order valence-electron chi connectivity index (χ4n) is 1.70. The van der Waals surface area contributed by atoms with Crippen LogP contribution in [0.2, 0.25) is 0 Å². The largest absolute Gasteiger partial charge is 0.464 e. The van der Waals surface area contributed by atoms with Crippen LogP contribution in [0.3, 0.4) is 0 Å². The highest BCUT2D eigenvalue weighted by molar-refractivity contribution is 5.93. The number of hydrogen-bond donors (Lipinski definition) is 0. The van der Waals surface area contributed by atoms with Crippen LogP contribution >= 0.6 is 0 Å². The first-order chi connectivity index (χ1) is 7.45. The Morgan fingerprint density at radius 2 is 1.93 bits per heavy atom. The lowest BCUT2D eigenvalue weighted by molar-refractivity contribution is 0.615. The van der Waals surface area contributed by atoms with Gasteiger partial charge in [0, 0.05) is 23.8 Å². The number of pyridine rings is 1. The third kappa shape index (κ3) is 1.31. The molecule has 0 amide bonds. The van der Waals surface area contributed by atoms with Gasteiger partial charge in [-0.15, -0.1) is 0 Å². The maximum atomic E-state index is 5.31. The van der Waals surface area contributed by atoms with Gasteiger partial charge in [0.1, 0.15) is 5.58 Å². The lowest BCUT2D eigenvalue weighted by Crippen LogP contribution is -1.78. The SMILES string of the molecule is [c]1coc2cccc(-c3ccncc3)c12. The fourth-order valence-corrected chi connectivity index (χ4v) is 1.70. The molecule has 0 saturated carbocycles. The van der Waals surface area contributed by atoms with Crippen LogP contribution in [0.4, 0.5) is 0 Å². The topological polar surface area (TPSA) is 26.0 Å². The van der Waals surface area contributed by atoms with E-state index >= 15 is 0 Å². The number of fused-ring (bicyclic) bond motifs is 1. The van der Waals surface area contributed by atoms with Crippen molar-refractivity contribution in [1.82, 2.24) is 4.98 Å². The Morgan fingerprint density at radius 1 is 1.07 bits per heavy atom. The second-order valence-electron chi connectivity index (χ2n) is 3.29. The van der Waals surface area contributed by atoms with E-state index in [0.29, 0.717) is 0 Å². The number of nitrogens with zero attached hydrogens (tertiary/aromatic N) is 1. The molecule has 0 N–H and O–H groups in total. The molecule has 0 spiro atoms. The summed E-state index contributed by atoms with van der Waals surface area (Å²) in [5.41, 5.74) is 3.13. The molecule has 0 unspecified atom stereocenters. The van der Waals surface area contributed by atoms with Gasteiger partial charge in [0.05, 0.1) is 6.26 Å². The first kappa shape index (κ1) is 8.24. The Balaban J connectivity index is 2.31. The molecule has 0 aliphatic heterocycles. The summed E-state index contributed by atoms with van der Waals surface area (Å²) < 4.78 is 5.31. The molecule has 2 nitrogen and oxygen atoms in total. The van der Waals surface area contributed by atoms with Crippen LogP contribution in [0.1, 0.15) is 0 Å². The fraction of sp³-hybridized carbons (Fsp3) is 0. The van der Waals surface area contributed by atoms with Crippen molar-refractivity contribution in [1.29, 1.82) is 0 Å². The van der Waals surface area contributed by atoms with E-state index in [1.54, 1.807) is 18.7 Å².